The van der Waals surface area contributed by atoms with E-state index in [-0.39, 0.29) is 18.3 Å². The molecule has 2 atom stereocenters. The molecule has 1 aromatic carbocycles. The largest absolute Gasteiger partial charge is 0.339 e. The van der Waals surface area contributed by atoms with Gasteiger partial charge in [0.25, 0.3) is 0 Å². The van der Waals surface area contributed by atoms with E-state index in [2.05, 4.69) is 6.92 Å². The molecule has 1 aliphatic rings. The summed E-state index contributed by atoms with van der Waals surface area (Å²) in [4.78, 5) is 14.2. The van der Waals surface area contributed by atoms with E-state index in [1.165, 1.54) is 0 Å². The number of thioether (sulfide) groups is 1. The first-order chi connectivity index (χ1) is 9.60. The summed E-state index contributed by atoms with van der Waals surface area (Å²) in [5.41, 5.74) is 6.85. The number of rotatable bonds is 5. The van der Waals surface area contributed by atoms with Gasteiger partial charge in [-0.2, -0.15) is 0 Å². The molecule has 1 saturated heterocycles. The summed E-state index contributed by atoms with van der Waals surface area (Å²) in [6.07, 6.45) is 1.03. The minimum atomic E-state index is 0. The lowest BCUT2D eigenvalue weighted by Crippen LogP contribution is -2.35. The van der Waals surface area contributed by atoms with E-state index in [9.17, 15) is 4.79 Å². The van der Waals surface area contributed by atoms with Crippen molar-refractivity contribution in [1.29, 1.82) is 0 Å². The van der Waals surface area contributed by atoms with Gasteiger partial charge in [-0.25, -0.2) is 0 Å². The van der Waals surface area contributed by atoms with Gasteiger partial charge < -0.3 is 10.6 Å². The van der Waals surface area contributed by atoms with Crippen LogP contribution in [0.2, 0.25) is 5.02 Å². The highest BCUT2D eigenvalue weighted by atomic mass is 35.5. The molecule has 2 unspecified atom stereocenters. The van der Waals surface area contributed by atoms with Crippen LogP contribution in [-0.4, -0.2) is 35.7 Å². The van der Waals surface area contributed by atoms with Crippen LogP contribution in [0.5, 0.6) is 0 Å². The molecular weight excluding hydrogens is 327 g/mol. The van der Waals surface area contributed by atoms with Gasteiger partial charge >= 0.3 is 0 Å². The summed E-state index contributed by atoms with van der Waals surface area (Å²) < 4.78 is 0. The van der Waals surface area contributed by atoms with Gasteiger partial charge in [-0.1, -0.05) is 23.7 Å². The number of amides is 1. The summed E-state index contributed by atoms with van der Waals surface area (Å²) in [6.45, 7) is 3.59. The second kappa shape index (κ2) is 8.89. The summed E-state index contributed by atoms with van der Waals surface area (Å²) >= 11 is 7.58. The lowest BCUT2D eigenvalue weighted by atomic mass is 10.1. The van der Waals surface area contributed by atoms with Crippen molar-refractivity contribution in [3.05, 3.63) is 34.9 Å². The standard InChI is InChI=1S/C15H21ClN2OS.ClH/c1-11-5-13(7-17)8-18(11)15(19)10-20-9-12-3-2-4-14(16)6-12;/h2-4,6,11,13H,5,7-10,17H2,1H3;1H. The second-order valence-electron chi connectivity index (χ2n) is 5.36. The van der Waals surface area contributed by atoms with Gasteiger partial charge in [0.05, 0.1) is 5.75 Å². The zero-order valence-corrected chi connectivity index (χ0v) is 14.5. The maximum absolute atomic E-state index is 12.2. The van der Waals surface area contributed by atoms with E-state index >= 15 is 0 Å². The Hall–Kier alpha value is -0.420. The van der Waals surface area contributed by atoms with Crippen LogP contribution in [0, 0.1) is 5.92 Å². The molecule has 21 heavy (non-hydrogen) atoms. The Bertz CT molecular complexity index is 473. The van der Waals surface area contributed by atoms with Crippen molar-refractivity contribution in [1.82, 2.24) is 4.90 Å². The lowest BCUT2D eigenvalue weighted by molar-refractivity contribution is -0.128. The number of hydrogen-bond donors (Lipinski definition) is 1. The SMILES string of the molecule is CC1CC(CN)CN1C(=O)CSCc1cccc(Cl)c1.Cl. The minimum Gasteiger partial charge on any atom is -0.339 e. The highest BCUT2D eigenvalue weighted by molar-refractivity contribution is 7.99. The fraction of sp³-hybridized carbons (Fsp3) is 0.533. The van der Waals surface area contributed by atoms with Crippen molar-refractivity contribution in [2.24, 2.45) is 11.7 Å². The molecule has 6 heteroatoms. The molecule has 1 fully saturated rings. The predicted molar refractivity (Wildman–Crippen MR) is 93.2 cm³/mol. The Morgan fingerprint density at radius 3 is 2.90 bits per heavy atom. The zero-order valence-electron chi connectivity index (χ0n) is 12.1. The van der Waals surface area contributed by atoms with E-state index in [0.717, 1.165) is 29.3 Å². The van der Waals surface area contributed by atoms with E-state index in [1.807, 2.05) is 29.2 Å². The molecular formula is C15H22Cl2N2OS. The third-order valence-corrected chi connectivity index (χ3v) is 4.92. The Morgan fingerprint density at radius 2 is 2.29 bits per heavy atom. The van der Waals surface area contributed by atoms with Crippen molar-refractivity contribution in [3.63, 3.8) is 0 Å². The fourth-order valence-electron chi connectivity index (χ4n) is 2.63. The number of benzene rings is 1. The van der Waals surface area contributed by atoms with Crippen LogP contribution < -0.4 is 5.73 Å². The van der Waals surface area contributed by atoms with Gasteiger partial charge in [0.2, 0.25) is 5.91 Å². The van der Waals surface area contributed by atoms with Gasteiger partial charge in [0.1, 0.15) is 0 Å². The molecule has 0 spiro atoms. The molecule has 1 aliphatic heterocycles. The van der Waals surface area contributed by atoms with Gasteiger partial charge in [-0.3, -0.25) is 4.79 Å². The molecule has 118 valence electrons. The maximum Gasteiger partial charge on any atom is 0.232 e. The second-order valence-corrected chi connectivity index (χ2v) is 6.78. The van der Waals surface area contributed by atoms with Gasteiger partial charge in [-0.05, 0) is 43.5 Å². The molecule has 3 nitrogen and oxygen atoms in total. The van der Waals surface area contributed by atoms with Crippen LogP contribution in [0.3, 0.4) is 0 Å². The highest BCUT2D eigenvalue weighted by Gasteiger charge is 2.31. The Morgan fingerprint density at radius 1 is 1.52 bits per heavy atom. The normalized spacial score (nSPS) is 21.2. The number of likely N-dealkylation sites (tertiary alicyclic amines) is 1. The van der Waals surface area contributed by atoms with Crippen LogP contribution in [0.15, 0.2) is 24.3 Å². The third-order valence-electron chi connectivity index (χ3n) is 3.70. The van der Waals surface area contributed by atoms with Crippen molar-refractivity contribution < 1.29 is 4.79 Å². The molecule has 0 bridgehead atoms. The minimum absolute atomic E-state index is 0. The molecule has 0 saturated carbocycles. The topological polar surface area (TPSA) is 46.3 Å². The van der Waals surface area contributed by atoms with Gasteiger partial charge in [0.15, 0.2) is 0 Å². The number of hydrogen-bond acceptors (Lipinski definition) is 3. The van der Waals surface area contributed by atoms with Gasteiger partial charge in [-0.15, -0.1) is 24.2 Å². The van der Waals surface area contributed by atoms with Crippen LogP contribution in [0.4, 0.5) is 0 Å². The van der Waals surface area contributed by atoms with E-state index in [1.54, 1.807) is 11.8 Å². The van der Waals surface area contributed by atoms with E-state index in [4.69, 9.17) is 17.3 Å². The molecule has 1 heterocycles. The molecule has 1 amide bonds. The van der Waals surface area contributed by atoms with Gasteiger partial charge in [0, 0.05) is 23.4 Å². The van der Waals surface area contributed by atoms with Crippen molar-refractivity contribution >= 4 is 41.7 Å². The molecule has 0 radical (unpaired) electrons. The molecule has 0 aromatic heterocycles. The molecule has 0 aliphatic carbocycles. The first-order valence-corrected chi connectivity index (χ1v) is 8.45. The summed E-state index contributed by atoms with van der Waals surface area (Å²) in [5.74, 6) is 2.02. The Kier molecular flexibility index (Phi) is 7.88. The highest BCUT2D eigenvalue weighted by Crippen LogP contribution is 2.24. The smallest absolute Gasteiger partial charge is 0.232 e. The number of carbonyl (C=O) groups excluding carboxylic acids is 1. The lowest BCUT2D eigenvalue weighted by Gasteiger charge is -2.21. The quantitative estimate of drug-likeness (QED) is 0.888. The first-order valence-electron chi connectivity index (χ1n) is 6.92. The van der Waals surface area contributed by atoms with E-state index < -0.39 is 0 Å². The number of carbonyl (C=O) groups is 1. The molecule has 2 rings (SSSR count). The molecule has 2 N–H and O–H groups in total. The number of nitrogens with zero attached hydrogens (tertiary/aromatic N) is 1. The van der Waals surface area contributed by atoms with Crippen LogP contribution in [0.1, 0.15) is 18.9 Å². The third kappa shape index (κ3) is 5.37. The van der Waals surface area contributed by atoms with Crippen LogP contribution >= 0.6 is 35.8 Å². The average molecular weight is 349 g/mol. The average Bonchev–Trinajstić information content (AvgIpc) is 2.80. The van der Waals surface area contributed by atoms with Crippen molar-refractivity contribution in [2.45, 2.75) is 25.1 Å². The van der Waals surface area contributed by atoms with Crippen molar-refractivity contribution in [3.8, 4) is 0 Å². The fourth-order valence-corrected chi connectivity index (χ4v) is 3.70. The maximum atomic E-state index is 12.2. The summed E-state index contributed by atoms with van der Waals surface area (Å²) in [6, 6.07) is 8.10. The summed E-state index contributed by atoms with van der Waals surface area (Å²) in [7, 11) is 0. The van der Waals surface area contributed by atoms with Crippen molar-refractivity contribution in [2.75, 3.05) is 18.8 Å². The number of halogens is 2. The summed E-state index contributed by atoms with van der Waals surface area (Å²) in [5, 5.41) is 0.744. The zero-order chi connectivity index (χ0) is 14.5. The monoisotopic (exact) mass is 348 g/mol. The molecule has 1 aromatic rings. The number of nitrogens with two attached hydrogens (primary N) is 1. The Balaban J connectivity index is 0.00000220. The Labute approximate surface area is 142 Å². The van der Waals surface area contributed by atoms with Crippen LogP contribution in [-0.2, 0) is 10.5 Å². The van der Waals surface area contributed by atoms with E-state index in [0.29, 0.717) is 24.3 Å². The van der Waals surface area contributed by atoms with Crippen LogP contribution in [0.25, 0.3) is 0 Å². The first kappa shape index (κ1) is 18.6. The predicted octanol–water partition coefficient (Wildman–Crippen LogP) is 3.19.